The Morgan fingerprint density at radius 1 is 1.28 bits per heavy atom. The zero-order valence-electron chi connectivity index (χ0n) is 10.3. The van der Waals surface area contributed by atoms with Gasteiger partial charge in [0.25, 0.3) is 0 Å². The van der Waals surface area contributed by atoms with Crippen molar-refractivity contribution >= 4 is 27.3 Å². The van der Waals surface area contributed by atoms with Gasteiger partial charge in [0.05, 0.1) is 6.61 Å². The van der Waals surface area contributed by atoms with Crippen LogP contribution in [0, 0.1) is 0 Å². The SMILES string of the molecule is CCOc1cccc(CNCc2sccc2Br)c1. The third-order valence-electron chi connectivity index (χ3n) is 2.52. The highest BCUT2D eigenvalue weighted by Gasteiger charge is 2.01. The number of halogens is 1. The molecule has 0 amide bonds. The van der Waals surface area contributed by atoms with E-state index in [0.29, 0.717) is 6.61 Å². The molecule has 0 bridgehead atoms. The molecule has 0 aliphatic carbocycles. The van der Waals surface area contributed by atoms with Crippen LogP contribution in [0.5, 0.6) is 5.75 Å². The molecule has 0 fully saturated rings. The van der Waals surface area contributed by atoms with Crippen molar-refractivity contribution in [1.82, 2.24) is 5.32 Å². The van der Waals surface area contributed by atoms with Gasteiger partial charge in [-0.1, -0.05) is 12.1 Å². The molecule has 0 aliphatic heterocycles. The summed E-state index contributed by atoms with van der Waals surface area (Å²) in [6, 6.07) is 10.3. The quantitative estimate of drug-likeness (QED) is 0.859. The van der Waals surface area contributed by atoms with Crippen LogP contribution in [0.1, 0.15) is 17.4 Å². The predicted molar refractivity (Wildman–Crippen MR) is 80.2 cm³/mol. The second kappa shape index (κ2) is 6.92. The average molecular weight is 326 g/mol. The molecule has 0 atom stereocenters. The van der Waals surface area contributed by atoms with Crippen molar-refractivity contribution in [2.45, 2.75) is 20.0 Å². The first-order valence-electron chi connectivity index (χ1n) is 5.94. The van der Waals surface area contributed by atoms with Gasteiger partial charge >= 0.3 is 0 Å². The van der Waals surface area contributed by atoms with Crippen LogP contribution in [0.2, 0.25) is 0 Å². The van der Waals surface area contributed by atoms with Gasteiger partial charge in [0.2, 0.25) is 0 Å². The average Bonchev–Trinajstić information content (AvgIpc) is 2.76. The second-order valence-electron chi connectivity index (χ2n) is 3.88. The summed E-state index contributed by atoms with van der Waals surface area (Å²) in [6.45, 7) is 4.45. The highest BCUT2D eigenvalue weighted by atomic mass is 79.9. The van der Waals surface area contributed by atoms with E-state index >= 15 is 0 Å². The fourth-order valence-electron chi connectivity index (χ4n) is 1.68. The summed E-state index contributed by atoms with van der Waals surface area (Å²) in [7, 11) is 0. The maximum absolute atomic E-state index is 5.48. The maximum Gasteiger partial charge on any atom is 0.119 e. The summed E-state index contributed by atoms with van der Waals surface area (Å²) >= 11 is 5.30. The monoisotopic (exact) mass is 325 g/mol. The van der Waals surface area contributed by atoms with E-state index in [2.05, 4.69) is 44.8 Å². The van der Waals surface area contributed by atoms with Gasteiger partial charge in [0, 0.05) is 22.4 Å². The van der Waals surface area contributed by atoms with Crippen LogP contribution < -0.4 is 10.1 Å². The Morgan fingerprint density at radius 3 is 2.89 bits per heavy atom. The van der Waals surface area contributed by atoms with E-state index in [9.17, 15) is 0 Å². The van der Waals surface area contributed by atoms with E-state index in [1.807, 2.05) is 19.1 Å². The summed E-state index contributed by atoms with van der Waals surface area (Å²) in [4.78, 5) is 1.33. The van der Waals surface area contributed by atoms with Gasteiger partial charge < -0.3 is 10.1 Å². The minimum atomic E-state index is 0.707. The molecule has 1 N–H and O–H groups in total. The molecule has 1 heterocycles. The summed E-state index contributed by atoms with van der Waals surface area (Å²) in [6.07, 6.45) is 0. The number of hydrogen-bond donors (Lipinski definition) is 1. The lowest BCUT2D eigenvalue weighted by atomic mass is 10.2. The first-order chi connectivity index (χ1) is 8.79. The Kier molecular flexibility index (Phi) is 5.23. The molecule has 2 nitrogen and oxygen atoms in total. The summed E-state index contributed by atoms with van der Waals surface area (Å²) in [5.74, 6) is 0.939. The normalized spacial score (nSPS) is 10.6. The van der Waals surface area contributed by atoms with Crippen LogP contribution in [0.4, 0.5) is 0 Å². The van der Waals surface area contributed by atoms with E-state index in [1.54, 1.807) is 11.3 Å². The third-order valence-corrected chi connectivity index (χ3v) is 4.44. The van der Waals surface area contributed by atoms with E-state index in [1.165, 1.54) is 14.9 Å². The van der Waals surface area contributed by atoms with Gasteiger partial charge in [-0.25, -0.2) is 0 Å². The lowest BCUT2D eigenvalue weighted by molar-refractivity contribution is 0.340. The zero-order valence-corrected chi connectivity index (χ0v) is 12.7. The fraction of sp³-hybridized carbons (Fsp3) is 0.286. The Bertz CT molecular complexity index is 498. The molecule has 2 aromatic rings. The fourth-order valence-corrected chi connectivity index (χ4v) is 3.15. The van der Waals surface area contributed by atoms with Crippen LogP contribution in [-0.2, 0) is 13.1 Å². The van der Waals surface area contributed by atoms with Crippen molar-refractivity contribution in [2.75, 3.05) is 6.61 Å². The number of rotatable bonds is 6. The molecule has 0 radical (unpaired) electrons. The topological polar surface area (TPSA) is 21.3 Å². The number of nitrogens with one attached hydrogen (secondary N) is 1. The van der Waals surface area contributed by atoms with Crippen LogP contribution in [0.3, 0.4) is 0 Å². The molecule has 2 rings (SSSR count). The molecular weight excluding hydrogens is 310 g/mol. The van der Waals surface area contributed by atoms with Gasteiger partial charge in [-0.3, -0.25) is 0 Å². The van der Waals surface area contributed by atoms with Gasteiger partial charge in [-0.05, 0) is 52.0 Å². The summed E-state index contributed by atoms with van der Waals surface area (Å²) < 4.78 is 6.67. The Morgan fingerprint density at radius 2 is 2.17 bits per heavy atom. The van der Waals surface area contributed by atoms with E-state index in [0.717, 1.165) is 18.8 Å². The molecule has 0 aliphatic rings. The number of hydrogen-bond acceptors (Lipinski definition) is 3. The molecule has 1 aromatic carbocycles. The van der Waals surface area contributed by atoms with E-state index in [-0.39, 0.29) is 0 Å². The predicted octanol–water partition coefficient (Wildman–Crippen LogP) is 4.20. The van der Waals surface area contributed by atoms with Crippen LogP contribution in [-0.4, -0.2) is 6.61 Å². The van der Waals surface area contributed by atoms with Gasteiger partial charge in [0.1, 0.15) is 5.75 Å². The third kappa shape index (κ3) is 3.83. The molecule has 0 saturated carbocycles. The van der Waals surface area contributed by atoms with Crippen LogP contribution in [0.15, 0.2) is 40.2 Å². The molecule has 0 spiro atoms. The standard InChI is InChI=1S/C14H16BrNOS/c1-2-17-12-5-3-4-11(8-12)9-16-10-14-13(15)6-7-18-14/h3-8,16H,2,9-10H2,1H3. The smallest absolute Gasteiger partial charge is 0.119 e. The zero-order chi connectivity index (χ0) is 12.8. The largest absolute Gasteiger partial charge is 0.494 e. The Balaban J connectivity index is 1.86. The van der Waals surface area contributed by atoms with E-state index < -0.39 is 0 Å². The molecular formula is C14H16BrNOS. The first kappa shape index (κ1) is 13.6. The van der Waals surface area contributed by atoms with Crippen molar-refractivity contribution < 1.29 is 4.74 Å². The molecule has 1 aromatic heterocycles. The van der Waals surface area contributed by atoms with Crippen molar-refractivity contribution in [3.8, 4) is 5.75 Å². The lowest BCUT2D eigenvalue weighted by Crippen LogP contribution is -2.12. The van der Waals surface area contributed by atoms with E-state index in [4.69, 9.17) is 4.74 Å². The lowest BCUT2D eigenvalue weighted by Gasteiger charge is -2.07. The van der Waals surface area contributed by atoms with Gasteiger partial charge in [-0.2, -0.15) is 0 Å². The molecule has 4 heteroatoms. The molecule has 96 valence electrons. The second-order valence-corrected chi connectivity index (χ2v) is 5.73. The molecule has 0 unspecified atom stereocenters. The maximum atomic E-state index is 5.48. The number of benzene rings is 1. The number of thiophene rings is 1. The first-order valence-corrected chi connectivity index (χ1v) is 7.61. The van der Waals surface area contributed by atoms with Gasteiger partial charge in [-0.15, -0.1) is 11.3 Å². The minimum Gasteiger partial charge on any atom is -0.494 e. The Labute approximate surface area is 120 Å². The van der Waals surface area contributed by atoms with Crippen molar-refractivity contribution in [3.63, 3.8) is 0 Å². The van der Waals surface area contributed by atoms with Crippen LogP contribution in [0.25, 0.3) is 0 Å². The van der Waals surface area contributed by atoms with Crippen molar-refractivity contribution in [2.24, 2.45) is 0 Å². The van der Waals surface area contributed by atoms with Crippen molar-refractivity contribution in [1.29, 1.82) is 0 Å². The highest BCUT2D eigenvalue weighted by molar-refractivity contribution is 9.10. The summed E-state index contributed by atoms with van der Waals surface area (Å²) in [5, 5.41) is 5.53. The summed E-state index contributed by atoms with van der Waals surface area (Å²) in [5.41, 5.74) is 1.24. The Hall–Kier alpha value is -0.840. The number of ether oxygens (including phenoxy) is 1. The molecule has 18 heavy (non-hydrogen) atoms. The van der Waals surface area contributed by atoms with Crippen LogP contribution >= 0.6 is 27.3 Å². The van der Waals surface area contributed by atoms with Gasteiger partial charge in [0.15, 0.2) is 0 Å². The highest BCUT2D eigenvalue weighted by Crippen LogP contribution is 2.22. The minimum absolute atomic E-state index is 0.707. The molecule has 0 saturated heterocycles. The van der Waals surface area contributed by atoms with Crippen molar-refractivity contribution in [3.05, 3.63) is 50.6 Å².